The molecule has 0 atom stereocenters. The van der Waals surface area contributed by atoms with Crippen molar-refractivity contribution < 1.29 is 13.2 Å². The van der Waals surface area contributed by atoms with Crippen molar-refractivity contribution in [3.8, 4) is 0 Å². The highest BCUT2D eigenvalue weighted by Crippen LogP contribution is 2.28. The van der Waals surface area contributed by atoms with Gasteiger partial charge in [0, 0.05) is 30.0 Å². The number of alkyl halides is 3. The van der Waals surface area contributed by atoms with Crippen LogP contribution in [0.5, 0.6) is 0 Å². The van der Waals surface area contributed by atoms with Crippen molar-refractivity contribution in [2.75, 3.05) is 11.9 Å². The van der Waals surface area contributed by atoms with Crippen LogP contribution in [0.4, 0.5) is 19.1 Å². The molecule has 2 aromatic rings. The number of thiazole rings is 1. The van der Waals surface area contributed by atoms with E-state index in [1.165, 1.54) is 0 Å². The lowest BCUT2D eigenvalue weighted by Gasteiger charge is -2.13. The van der Waals surface area contributed by atoms with Gasteiger partial charge in [0.25, 0.3) is 0 Å². The number of rotatable bonds is 4. The molecule has 2 heterocycles. The number of nitrogens with one attached hydrogen (secondary N) is 1. The van der Waals surface area contributed by atoms with E-state index in [-0.39, 0.29) is 11.4 Å². The van der Waals surface area contributed by atoms with E-state index < -0.39 is 11.9 Å². The number of anilines is 1. The smallest absolute Gasteiger partial charge is 0.354 e. The summed E-state index contributed by atoms with van der Waals surface area (Å²) < 4.78 is 37.6. The van der Waals surface area contributed by atoms with Gasteiger partial charge < -0.3 is 5.32 Å². The van der Waals surface area contributed by atoms with Crippen LogP contribution in [-0.4, -0.2) is 21.5 Å². The van der Waals surface area contributed by atoms with Crippen LogP contribution in [0.1, 0.15) is 37.2 Å². The molecule has 2 rings (SSSR count). The fourth-order valence-corrected chi connectivity index (χ4v) is 2.61. The Bertz CT molecular complexity index is 632. The third-order valence-corrected chi connectivity index (χ3v) is 4.12. The Kier molecular flexibility index (Phi) is 4.69. The molecule has 0 radical (unpaired) electrons. The molecule has 0 bridgehead atoms. The van der Waals surface area contributed by atoms with Gasteiger partial charge in [-0.2, -0.15) is 13.2 Å². The van der Waals surface area contributed by atoms with Crippen molar-refractivity contribution in [1.82, 2.24) is 15.0 Å². The molecule has 4 nitrogen and oxygen atoms in total. The highest BCUT2D eigenvalue weighted by molar-refractivity contribution is 7.09. The molecule has 0 fully saturated rings. The number of hydrogen-bond donors (Lipinski definition) is 1. The second kappa shape index (κ2) is 6.20. The van der Waals surface area contributed by atoms with Gasteiger partial charge in [-0.25, -0.2) is 15.0 Å². The molecular formula is C14H17F3N4S. The molecular weight excluding hydrogens is 313 g/mol. The first-order valence-corrected chi connectivity index (χ1v) is 7.63. The number of aromatic nitrogens is 3. The zero-order valence-electron chi connectivity index (χ0n) is 12.5. The first-order valence-electron chi connectivity index (χ1n) is 6.75. The molecule has 2 aromatic heterocycles. The van der Waals surface area contributed by atoms with E-state index in [1.54, 1.807) is 11.3 Å². The highest BCUT2D eigenvalue weighted by atomic mass is 32.1. The molecule has 22 heavy (non-hydrogen) atoms. The van der Waals surface area contributed by atoms with Crippen molar-refractivity contribution in [2.45, 2.75) is 38.8 Å². The van der Waals surface area contributed by atoms with Gasteiger partial charge in [0.05, 0.1) is 10.7 Å². The van der Waals surface area contributed by atoms with Crippen LogP contribution in [-0.2, 0) is 18.0 Å². The van der Waals surface area contributed by atoms with Crippen LogP contribution in [0.15, 0.2) is 17.6 Å². The summed E-state index contributed by atoms with van der Waals surface area (Å²) in [5.41, 5.74) is -0.0383. The van der Waals surface area contributed by atoms with Gasteiger partial charge >= 0.3 is 6.18 Å². The van der Waals surface area contributed by atoms with Crippen LogP contribution in [0, 0.1) is 0 Å². The third-order valence-electron chi connectivity index (χ3n) is 2.80. The predicted molar refractivity (Wildman–Crippen MR) is 80.0 cm³/mol. The average molecular weight is 330 g/mol. The summed E-state index contributed by atoms with van der Waals surface area (Å²) in [6.07, 6.45) is -2.76. The first kappa shape index (κ1) is 16.7. The van der Waals surface area contributed by atoms with Crippen molar-refractivity contribution >= 4 is 17.3 Å². The fraction of sp³-hybridized carbons (Fsp3) is 0.500. The lowest BCUT2D eigenvalue weighted by atomic mass is 9.98. The normalized spacial score (nSPS) is 12.5. The number of halogens is 3. The van der Waals surface area contributed by atoms with Crippen molar-refractivity contribution in [3.05, 3.63) is 34.0 Å². The third kappa shape index (κ3) is 4.40. The van der Waals surface area contributed by atoms with Crippen molar-refractivity contribution in [3.63, 3.8) is 0 Å². The summed E-state index contributed by atoms with van der Waals surface area (Å²) >= 11 is 1.59. The predicted octanol–water partition coefficient (Wildman–Crippen LogP) is 3.90. The van der Waals surface area contributed by atoms with Gasteiger partial charge in [0.2, 0.25) is 5.95 Å². The van der Waals surface area contributed by atoms with E-state index in [2.05, 4.69) is 41.0 Å². The van der Waals surface area contributed by atoms with Crippen LogP contribution in [0.25, 0.3) is 0 Å². The quantitative estimate of drug-likeness (QED) is 0.923. The first-order chi connectivity index (χ1) is 10.2. The minimum absolute atomic E-state index is 0.000492. The number of hydrogen-bond acceptors (Lipinski definition) is 5. The van der Waals surface area contributed by atoms with Gasteiger partial charge in [0.15, 0.2) is 0 Å². The largest absolute Gasteiger partial charge is 0.433 e. The lowest BCUT2D eigenvalue weighted by molar-refractivity contribution is -0.141. The van der Waals surface area contributed by atoms with Crippen LogP contribution in [0.3, 0.4) is 0 Å². The van der Waals surface area contributed by atoms with E-state index in [4.69, 9.17) is 0 Å². The van der Waals surface area contributed by atoms with Crippen LogP contribution >= 0.6 is 11.3 Å². The maximum atomic E-state index is 12.5. The minimum Gasteiger partial charge on any atom is -0.354 e. The lowest BCUT2D eigenvalue weighted by Crippen LogP contribution is -2.13. The summed E-state index contributed by atoms with van der Waals surface area (Å²) in [5.74, 6) is -0.0268. The molecule has 0 aliphatic heterocycles. The van der Waals surface area contributed by atoms with Gasteiger partial charge in [-0.1, -0.05) is 20.8 Å². The molecule has 0 unspecified atom stereocenters. The Morgan fingerprint density at radius 2 is 1.91 bits per heavy atom. The maximum absolute atomic E-state index is 12.5. The van der Waals surface area contributed by atoms with Crippen molar-refractivity contribution in [2.24, 2.45) is 0 Å². The Hall–Kier alpha value is -1.70. The summed E-state index contributed by atoms with van der Waals surface area (Å²) in [5, 5.41) is 5.80. The topological polar surface area (TPSA) is 50.7 Å². The van der Waals surface area contributed by atoms with E-state index in [9.17, 15) is 13.2 Å². The SMILES string of the molecule is CC(C)(C)c1nc(CCNc2nccc(C(F)(F)F)n2)cs1. The molecule has 120 valence electrons. The molecule has 1 N–H and O–H groups in total. The molecule has 0 aliphatic carbocycles. The van der Waals surface area contributed by atoms with Gasteiger partial charge in [0.1, 0.15) is 5.69 Å². The second-order valence-electron chi connectivity index (χ2n) is 5.83. The van der Waals surface area contributed by atoms with Crippen LogP contribution in [0.2, 0.25) is 0 Å². The number of nitrogens with zero attached hydrogens (tertiary/aromatic N) is 3. The van der Waals surface area contributed by atoms with E-state index in [0.29, 0.717) is 13.0 Å². The standard InChI is InChI=1S/C14H17F3N4S/c1-13(2,3)11-20-9(8-22-11)4-6-18-12-19-7-5-10(21-12)14(15,16)17/h5,7-8H,4,6H2,1-3H3,(H,18,19,21). The highest BCUT2D eigenvalue weighted by Gasteiger charge is 2.32. The molecule has 0 aromatic carbocycles. The zero-order chi connectivity index (χ0) is 16.4. The molecule has 0 saturated heterocycles. The summed E-state index contributed by atoms with van der Waals surface area (Å²) in [7, 11) is 0. The van der Waals surface area contributed by atoms with Crippen LogP contribution < -0.4 is 5.32 Å². The Labute approximate surface area is 130 Å². The average Bonchev–Trinajstić information content (AvgIpc) is 2.87. The molecule has 0 spiro atoms. The Morgan fingerprint density at radius 1 is 1.18 bits per heavy atom. The fourth-order valence-electron chi connectivity index (χ4n) is 1.67. The summed E-state index contributed by atoms with van der Waals surface area (Å²) in [6.45, 7) is 6.69. The second-order valence-corrected chi connectivity index (χ2v) is 6.69. The maximum Gasteiger partial charge on any atom is 0.433 e. The van der Waals surface area contributed by atoms with E-state index >= 15 is 0 Å². The summed E-state index contributed by atoms with van der Waals surface area (Å²) in [4.78, 5) is 11.8. The van der Waals surface area contributed by atoms with Gasteiger partial charge in [-0.05, 0) is 6.07 Å². The Morgan fingerprint density at radius 3 is 2.50 bits per heavy atom. The zero-order valence-corrected chi connectivity index (χ0v) is 13.3. The van der Waals surface area contributed by atoms with Crippen molar-refractivity contribution in [1.29, 1.82) is 0 Å². The summed E-state index contributed by atoms with van der Waals surface area (Å²) in [6, 6.07) is 0.848. The van der Waals surface area contributed by atoms with E-state index in [0.717, 1.165) is 23.0 Å². The molecule has 0 saturated carbocycles. The van der Waals surface area contributed by atoms with Gasteiger partial charge in [-0.15, -0.1) is 11.3 Å². The van der Waals surface area contributed by atoms with Gasteiger partial charge in [-0.3, -0.25) is 0 Å². The van der Waals surface area contributed by atoms with E-state index in [1.807, 2.05) is 5.38 Å². The molecule has 8 heteroatoms. The molecule has 0 amide bonds. The Balaban J connectivity index is 1.93. The molecule has 0 aliphatic rings. The minimum atomic E-state index is -4.46. The monoisotopic (exact) mass is 330 g/mol.